The van der Waals surface area contributed by atoms with Crippen molar-refractivity contribution in [1.29, 1.82) is 0 Å². The molecule has 0 spiro atoms. The number of hydrogen-bond donors (Lipinski definition) is 1. The Morgan fingerprint density at radius 2 is 1.93 bits per heavy atom. The van der Waals surface area contributed by atoms with Crippen LogP contribution in [0.15, 0.2) is 61.4 Å². The minimum Gasteiger partial charge on any atom is -0.394 e. The third kappa shape index (κ3) is 3.10. The monoisotopic (exact) mass is 378 g/mol. The van der Waals surface area contributed by atoms with E-state index in [1.54, 1.807) is 34.1 Å². The molecule has 1 aromatic carbocycles. The molecule has 0 fully saturated rings. The molecular formula is C21H19FN4O2. The molecule has 2 aromatic heterocycles. The average Bonchev–Trinajstić information content (AvgIpc) is 3.13. The Bertz CT molecular complexity index is 1010. The second kappa shape index (κ2) is 7.36. The first-order valence-electron chi connectivity index (χ1n) is 8.92. The van der Waals surface area contributed by atoms with Gasteiger partial charge in [-0.3, -0.25) is 14.5 Å². The standard InChI is InChI=1S/C21H19FN4O2/c1-2-19(28)25-11-17(13-27)26-18(12-25)20(14-7-9-23-10-8-14)21(24-26)15-3-5-16(22)6-4-15/h2-10,17,27H,1,11-13H2. The Kier molecular flexibility index (Phi) is 4.75. The first kappa shape index (κ1) is 18.1. The second-order valence-electron chi connectivity index (χ2n) is 6.62. The summed E-state index contributed by atoms with van der Waals surface area (Å²) in [6, 6.07) is 9.49. The van der Waals surface area contributed by atoms with Gasteiger partial charge in [0, 0.05) is 30.1 Å². The number of halogens is 1. The lowest BCUT2D eigenvalue weighted by molar-refractivity contribution is -0.128. The minimum atomic E-state index is -0.373. The summed E-state index contributed by atoms with van der Waals surface area (Å²) in [5.41, 5.74) is 3.97. The van der Waals surface area contributed by atoms with Gasteiger partial charge in [0.25, 0.3) is 0 Å². The van der Waals surface area contributed by atoms with Gasteiger partial charge in [0.1, 0.15) is 11.5 Å². The van der Waals surface area contributed by atoms with Gasteiger partial charge in [-0.05, 0) is 48.0 Å². The van der Waals surface area contributed by atoms with Crippen LogP contribution in [-0.2, 0) is 11.3 Å². The van der Waals surface area contributed by atoms with E-state index in [0.29, 0.717) is 18.8 Å². The fourth-order valence-electron chi connectivity index (χ4n) is 3.56. The Balaban J connectivity index is 1.94. The van der Waals surface area contributed by atoms with Crippen LogP contribution in [0.4, 0.5) is 4.39 Å². The Morgan fingerprint density at radius 1 is 1.21 bits per heavy atom. The van der Waals surface area contributed by atoms with Crippen LogP contribution in [0.5, 0.6) is 0 Å². The van der Waals surface area contributed by atoms with E-state index in [-0.39, 0.29) is 24.4 Å². The van der Waals surface area contributed by atoms with Gasteiger partial charge in [-0.15, -0.1) is 0 Å². The summed E-state index contributed by atoms with van der Waals surface area (Å²) >= 11 is 0. The van der Waals surface area contributed by atoms with E-state index < -0.39 is 0 Å². The van der Waals surface area contributed by atoms with E-state index in [1.165, 1.54) is 18.2 Å². The second-order valence-corrected chi connectivity index (χ2v) is 6.62. The molecule has 4 rings (SSSR count). The van der Waals surface area contributed by atoms with Crippen molar-refractivity contribution in [2.75, 3.05) is 13.2 Å². The molecule has 1 N–H and O–H groups in total. The van der Waals surface area contributed by atoms with Gasteiger partial charge < -0.3 is 10.0 Å². The van der Waals surface area contributed by atoms with Crippen LogP contribution < -0.4 is 0 Å². The van der Waals surface area contributed by atoms with Gasteiger partial charge in [-0.25, -0.2) is 4.39 Å². The molecule has 28 heavy (non-hydrogen) atoms. The highest BCUT2D eigenvalue weighted by Crippen LogP contribution is 2.38. The highest BCUT2D eigenvalue weighted by molar-refractivity contribution is 5.88. The maximum Gasteiger partial charge on any atom is 0.246 e. The molecule has 1 unspecified atom stereocenters. The molecular weight excluding hydrogens is 359 g/mol. The molecule has 0 saturated carbocycles. The van der Waals surface area contributed by atoms with Crippen molar-refractivity contribution in [1.82, 2.24) is 19.7 Å². The number of nitrogens with zero attached hydrogens (tertiary/aromatic N) is 4. The zero-order valence-corrected chi connectivity index (χ0v) is 15.1. The number of rotatable bonds is 4. The molecule has 6 nitrogen and oxygen atoms in total. The minimum absolute atomic E-state index is 0.158. The average molecular weight is 378 g/mol. The summed E-state index contributed by atoms with van der Waals surface area (Å²) in [4.78, 5) is 18.0. The van der Waals surface area contributed by atoms with Crippen molar-refractivity contribution in [3.05, 3.63) is 73.0 Å². The maximum absolute atomic E-state index is 13.4. The highest BCUT2D eigenvalue weighted by Gasteiger charge is 2.32. The molecule has 1 amide bonds. The number of carbonyl (C=O) groups is 1. The Hall–Kier alpha value is -3.32. The van der Waals surface area contributed by atoms with E-state index in [4.69, 9.17) is 5.10 Å². The van der Waals surface area contributed by atoms with Crippen molar-refractivity contribution in [3.8, 4) is 22.4 Å². The van der Waals surface area contributed by atoms with Crippen LogP contribution in [-0.4, -0.2) is 43.8 Å². The number of aliphatic hydroxyl groups excluding tert-OH is 1. The van der Waals surface area contributed by atoms with Crippen LogP contribution >= 0.6 is 0 Å². The lowest BCUT2D eigenvalue weighted by Gasteiger charge is -2.33. The van der Waals surface area contributed by atoms with Crippen LogP contribution in [0.3, 0.4) is 0 Å². The molecule has 1 atom stereocenters. The van der Waals surface area contributed by atoms with Crippen molar-refractivity contribution >= 4 is 5.91 Å². The molecule has 0 radical (unpaired) electrons. The van der Waals surface area contributed by atoms with E-state index in [1.807, 2.05) is 12.1 Å². The molecule has 1 aliphatic heterocycles. The predicted molar refractivity (Wildman–Crippen MR) is 103 cm³/mol. The highest BCUT2D eigenvalue weighted by atomic mass is 19.1. The van der Waals surface area contributed by atoms with E-state index in [9.17, 15) is 14.3 Å². The summed E-state index contributed by atoms with van der Waals surface area (Å²) in [5, 5.41) is 14.7. The number of benzene rings is 1. The van der Waals surface area contributed by atoms with Crippen LogP contribution in [0.25, 0.3) is 22.4 Å². The number of fused-ring (bicyclic) bond motifs is 1. The molecule has 3 heterocycles. The third-order valence-electron chi connectivity index (χ3n) is 4.91. The number of amides is 1. The fourth-order valence-corrected chi connectivity index (χ4v) is 3.56. The Labute approximate surface area is 161 Å². The summed E-state index contributed by atoms with van der Waals surface area (Å²) in [6.45, 7) is 4.09. The summed E-state index contributed by atoms with van der Waals surface area (Å²) in [7, 11) is 0. The summed E-state index contributed by atoms with van der Waals surface area (Å²) < 4.78 is 15.2. The van der Waals surface area contributed by atoms with Crippen molar-refractivity contribution in [2.24, 2.45) is 0 Å². The predicted octanol–water partition coefficient (Wildman–Crippen LogP) is 2.81. The van der Waals surface area contributed by atoms with Gasteiger partial charge in [0.2, 0.25) is 5.91 Å². The van der Waals surface area contributed by atoms with Crippen molar-refractivity contribution in [2.45, 2.75) is 12.6 Å². The number of aliphatic hydroxyl groups is 1. The largest absolute Gasteiger partial charge is 0.394 e. The molecule has 7 heteroatoms. The van der Waals surface area contributed by atoms with Gasteiger partial charge in [-0.1, -0.05) is 6.58 Å². The molecule has 0 aliphatic carbocycles. The number of carbonyl (C=O) groups excluding carboxylic acids is 1. The number of hydrogen-bond acceptors (Lipinski definition) is 4. The van der Waals surface area contributed by atoms with E-state index in [0.717, 1.165) is 22.4 Å². The zero-order chi connectivity index (χ0) is 19.7. The molecule has 0 bridgehead atoms. The van der Waals surface area contributed by atoms with E-state index in [2.05, 4.69) is 11.6 Å². The van der Waals surface area contributed by atoms with Gasteiger partial charge in [-0.2, -0.15) is 5.10 Å². The van der Waals surface area contributed by atoms with Crippen molar-refractivity contribution < 1.29 is 14.3 Å². The molecule has 3 aromatic rings. The number of aromatic nitrogens is 3. The Morgan fingerprint density at radius 3 is 2.57 bits per heavy atom. The van der Waals surface area contributed by atoms with Gasteiger partial charge >= 0.3 is 0 Å². The topological polar surface area (TPSA) is 71.2 Å². The summed E-state index contributed by atoms with van der Waals surface area (Å²) in [6.07, 6.45) is 4.65. The number of pyridine rings is 1. The zero-order valence-electron chi connectivity index (χ0n) is 15.1. The van der Waals surface area contributed by atoms with Gasteiger partial charge in [0.15, 0.2) is 0 Å². The molecule has 1 aliphatic rings. The molecule has 0 saturated heterocycles. The molecule has 142 valence electrons. The van der Waals surface area contributed by atoms with E-state index >= 15 is 0 Å². The fraction of sp³-hybridized carbons (Fsp3) is 0.190. The first-order valence-corrected chi connectivity index (χ1v) is 8.92. The quantitative estimate of drug-likeness (QED) is 0.709. The first-order chi connectivity index (χ1) is 13.6. The SMILES string of the molecule is C=CC(=O)N1Cc2c(-c3ccncc3)c(-c3ccc(F)cc3)nn2C(CO)C1. The third-order valence-corrected chi connectivity index (χ3v) is 4.91. The van der Waals surface area contributed by atoms with Crippen molar-refractivity contribution in [3.63, 3.8) is 0 Å². The van der Waals surface area contributed by atoms with Gasteiger partial charge in [0.05, 0.1) is 24.9 Å². The van der Waals surface area contributed by atoms with Crippen LogP contribution in [0.2, 0.25) is 0 Å². The maximum atomic E-state index is 13.4. The lowest BCUT2D eigenvalue weighted by Crippen LogP contribution is -2.41. The van der Waals surface area contributed by atoms with Crippen LogP contribution in [0.1, 0.15) is 11.7 Å². The normalized spacial score (nSPS) is 15.9. The lowest BCUT2D eigenvalue weighted by atomic mass is 9.98. The summed E-state index contributed by atoms with van der Waals surface area (Å²) in [5.74, 6) is -0.524. The van der Waals surface area contributed by atoms with Crippen LogP contribution in [0, 0.1) is 5.82 Å². The smallest absolute Gasteiger partial charge is 0.246 e.